The number of hydrogen-bond donors (Lipinski definition) is 1. The van der Waals surface area contributed by atoms with Crippen molar-refractivity contribution in [2.45, 2.75) is 26.8 Å². The molecule has 0 saturated heterocycles. The minimum absolute atomic E-state index is 0.216. The van der Waals surface area contributed by atoms with Gasteiger partial charge in [-0.15, -0.1) is 0 Å². The van der Waals surface area contributed by atoms with E-state index in [1.54, 1.807) is 0 Å². The van der Waals surface area contributed by atoms with Crippen LogP contribution in [0.3, 0.4) is 0 Å². The fourth-order valence-corrected chi connectivity index (χ4v) is 2.25. The molecule has 0 saturated carbocycles. The van der Waals surface area contributed by atoms with Crippen LogP contribution in [0.5, 0.6) is 0 Å². The monoisotopic (exact) mass is 237 g/mol. The second-order valence-corrected chi connectivity index (χ2v) is 4.39. The van der Waals surface area contributed by atoms with E-state index in [0.29, 0.717) is 5.02 Å². The normalized spacial score (nSPS) is 13.2. The van der Waals surface area contributed by atoms with E-state index in [-0.39, 0.29) is 6.04 Å². The summed E-state index contributed by atoms with van der Waals surface area (Å²) >= 11 is 6.11. The summed E-state index contributed by atoms with van der Waals surface area (Å²) in [6, 6.07) is 6.07. The third kappa shape index (κ3) is 1.83. The van der Waals surface area contributed by atoms with E-state index in [1.165, 1.54) is 5.56 Å². The minimum Gasteiger partial charge on any atom is -0.458 e. The first-order chi connectivity index (χ1) is 7.65. The molecule has 0 aliphatic carbocycles. The zero-order valence-corrected chi connectivity index (χ0v) is 10.6. The molecule has 1 atom stereocenters. The van der Waals surface area contributed by atoms with Crippen molar-refractivity contribution in [1.82, 2.24) is 5.32 Å². The van der Waals surface area contributed by atoms with Gasteiger partial charge in [0.2, 0.25) is 0 Å². The van der Waals surface area contributed by atoms with E-state index in [1.807, 2.05) is 18.2 Å². The molecule has 86 valence electrons. The van der Waals surface area contributed by atoms with Gasteiger partial charge in [-0.3, -0.25) is 0 Å². The van der Waals surface area contributed by atoms with Crippen molar-refractivity contribution in [2.75, 3.05) is 6.54 Å². The van der Waals surface area contributed by atoms with Gasteiger partial charge in [-0.1, -0.05) is 30.7 Å². The SMILES string of the molecule is CCNC(C)c1oc2c(Cl)cccc2c1C. The van der Waals surface area contributed by atoms with Crippen molar-refractivity contribution in [1.29, 1.82) is 0 Å². The van der Waals surface area contributed by atoms with Crippen molar-refractivity contribution in [2.24, 2.45) is 0 Å². The Labute approximate surface area is 101 Å². The van der Waals surface area contributed by atoms with Crippen molar-refractivity contribution >= 4 is 22.6 Å². The molecular weight excluding hydrogens is 222 g/mol. The Morgan fingerprint density at radius 1 is 1.44 bits per heavy atom. The Hall–Kier alpha value is -0.990. The van der Waals surface area contributed by atoms with E-state index < -0.39 is 0 Å². The van der Waals surface area contributed by atoms with Gasteiger partial charge in [0.25, 0.3) is 0 Å². The molecule has 3 heteroatoms. The third-order valence-corrected chi connectivity index (χ3v) is 3.15. The summed E-state index contributed by atoms with van der Waals surface area (Å²) in [5.74, 6) is 0.977. The standard InChI is InChI=1S/C13H16ClNO/c1-4-15-9(3)12-8(2)10-6-5-7-11(14)13(10)16-12/h5-7,9,15H,4H2,1-3H3. The maximum atomic E-state index is 6.11. The fourth-order valence-electron chi connectivity index (χ4n) is 2.04. The summed E-state index contributed by atoms with van der Waals surface area (Å²) in [5.41, 5.74) is 1.97. The second kappa shape index (κ2) is 4.48. The molecule has 0 bridgehead atoms. The van der Waals surface area contributed by atoms with E-state index >= 15 is 0 Å². The first-order valence-corrected chi connectivity index (χ1v) is 5.93. The highest BCUT2D eigenvalue weighted by molar-refractivity contribution is 6.34. The van der Waals surface area contributed by atoms with Crippen LogP contribution >= 0.6 is 11.6 Å². The number of para-hydroxylation sites is 1. The number of furan rings is 1. The molecule has 1 heterocycles. The van der Waals surface area contributed by atoms with Gasteiger partial charge in [0.05, 0.1) is 11.1 Å². The van der Waals surface area contributed by atoms with Crippen LogP contribution in [0.4, 0.5) is 0 Å². The van der Waals surface area contributed by atoms with Crippen molar-refractivity contribution in [3.8, 4) is 0 Å². The molecule has 0 fully saturated rings. The first kappa shape index (κ1) is 11.5. The van der Waals surface area contributed by atoms with Gasteiger partial charge in [0, 0.05) is 10.9 Å². The van der Waals surface area contributed by atoms with Crippen LogP contribution in [0.15, 0.2) is 22.6 Å². The maximum absolute atomic E-state index is 6.11. The van der Waals surface area contributed by atoms with E-state index in [9.17, 15) is 0 Å². The summed E-state index contributed by atoms with van der Waals surface area (Å²) in [4.78, 5) is 0. The zero-order chi connectivity index (χ0) is 11.7. The molecule has 0 aliphatic heterocycles. The summed E-state index contributed by atoms with van der Waals surface area (Å²) in [6.45, 7) is 7.18. The number of rotatable bonds is 3. The third-order valence-electron chi connectivity index (χ3n) is 2.86. The number of halogens is 1. The maximum Gasteiger partial charge on any atom is 0.153 e. The fraction of sp³-hybridized carbons (Fsp3) is 0.385. The molecule has 1 unspecified atom stereocenters. The van der Waals surface area contributed by atoms with Crippen LogP contribution < -0.4 is 5.32 Å². The van der Waals surface area contributed by atoms with Crippen LogP contribution in [-0.4, -0.2) is 6.54 Å². The molecule has 1 aromatic heterocycles. The molecule has 0 aliphatic rings. The Bertz CT molecular complexity index is 504. The smallest absolute Gasteiger partial charge is 0.153 e. The Balaban J connectivity index is 2.55. The van der Waals surface area contributed by atoms with Crippen LogP contribution in [-0.2, 0) is 0 Å². The molecule has 1 aromatic carbocycles. The predicted molar refractivity (Wildman–Crippen MR) is 68.1 cm³/mol. The summed E-state index contributed by atoms with van der Waals surface area (Å²) in [5, 5.41) is 5.13. The predicted octanol–water partition coefficient (Wildman–Crippen LogP) is 4.07. The van der Waals surface area contributed by atoms with E-state index in [4.69, 9.17) is 16.0 Å². The molecule has 0 radical (unpaired) electrons. The highest BCUT2D eigenvalue weighted by Gasteiger charge is 2.16. The van der Waals surface area contributed by atoms with Crippen molar-refractivity contribution in [3.05, 3.63) is 34.5 Å². The molecule has 0 spiro atoms. The summed E-state index contributed by atoms with van der Waals surface area (Å²) < 4.78 is 5.85. The molecule has 0 amide bonds. The lowest BCUT2D eigenvalue weighted by molar-refractivity contribution is 0.456. The molecule has 2 aromatic rings. The molecule has 16 heavy (non-hydrogen) atoms. The molecule has 2 rings (SSSR count). The lowest BCUT2D eigenvalue weighted by Crippen LogP contribution is -2.17. The Morgan fingerprint density at radius 3 is 2.81 bits per heavy atom. The van der Waals surface area contributed by atoms with Crippen LogP contribution in [0, 0.1) is 6.92 Å². The highest BCUT2D eigenvalue weighted by atomic mass is 35.5. The Kier molecular flexibility index (Phi) is 3.22. The topological polar surface area (TPSA) is 25.2 Å². The first-order valence-electron chi connectivity index (χ1n) is 5.56. The quantitative estimate of drug-likeness (QED) is 0.871. The van der Waals surface area contributed by atoms with Gasteiger partial charge in [-0.05, 0) is 26.5 Å². The average Bonchev–Trinajstić information content (AvgIpc) is 2.59. The van der Waals surface area contributed by atoms with Gasteiger partial charge in [-0.2, -0.15) is 0 Å². The zero-order valence-electron chi connectivity index (χ0n) is 9.80. The average molecular weight is 238 g/mol. The number of aryl methyl sites for hydroxylation is 1. The summed E-state index contributed by atoms with van der Waals surface area (Å²) in [6.07, 6.45) is 0. The number of fused-ring (bicyclic) bond motifs is 1. The lowest BCUT2D eigenvalue weighted by atomic mass is 10.1. The van der Waals surface area contributed by atoms with Gasteiger partial charge in [0.15, 0.2) is 5.58 Å². The molecule has 1 N–H and O–H groups in total. The summed E-state index contributed by atoms with van der Waals surface area (Å²) in [7, 11) is 0. The lowest BCUT2D eigenvalue weighted by Gasteiger charge is -2.09. The Morgan fingerprint density at radius 2 is 2.19 bits per heavy atom. The largest absolute Gasteiger partial charge is 0.458 e. The van der Waals surface area contributed by atoms with Crippen LogP contribution in [0.25, 0.3) is 11.0 Å². The van der Waals surface area contributed by atoms with Gasteiger partial charge in [-0.25, -0.2) is 0 Å². The van der Waals surface area contributed by atoms with Gasteiger partial charge < -0.3 is 9.73 Å². The van der Waals surface area contributed by atoms with E-state index in [2.05, 4.69) is 26.1 Å². The molecule has 2 nitrogen and oxygen atoms in total. The number of hydrogen-bond acceptors (Lipinski definition) is 2. The van der Waals surface area contributed by atoms with Crippen molar-refractivity contribution < 1.29 is 4.42 Å². The second-order valence-electron chi connectivity index (χ2n) is 3.99. The van der Waals surface area contributed by atoms with Crippen LogP contribution in [0.2, 0.25) is 5.02 Å². The number of nitrogens with one attached hydrogen (secondary N) is 1. The highest BCUT2D eigenvalue weighted by Crippen LogP contribution is 2.33. The van der Waals surface area contributed by atoms with Crippen molar-refractivity contribution in [3.63, 3.8) is 0 Å². The van der Waals surface area contributed by atoms with Crippen LogP contribution in [0.1, 0.15) is 31.2 Å². The number of benzene rings is 1. The van der Waals surface area contributed by atoms with E-state index in [0.717, 1.165) is 23.3 Å². The van der Waals surface area contributed by atoms with Gasteiger partial charge in [0.1, 0.15) is 5.76 Å². The minimum atomic E-state index is 0.216. The molecular formula is C13H16ClNO. The van der Waals surface area contributed by atoms with Gasteiger partial charge >= 0.3 is 0 Å².